The van der Waals surface area contributed by atoms with E-state index in [1.54, 1.807) is 12.1 Å². The van der Waals surface area contributed by atoms with Crippen molar-refractivity contribution in [1.29, 1.82) is 5.26 Å². The number of piperidine rings is 1. The number of benzene rings is 1. The molecular weight excluding hydrogens is 500 g/mol. The first-order valence-electron chi connectivity index (χ1n) is 8.37. The minimum Gasteiger partial charge on any atom is -0.390 e. The van der Waals surface area contributed by atoms with Crippen molar-refractivity contribution in [3.63, 3.8) is 0 Å². The normalized spacial score (nSPS) is 16.3. The molecule has 1 fully saturated rings. The molecule has 3 N–H and O–H groups in total. The summed E-state index contributed by atoms with van der Waals surface area (Å²) < 4.78 is -0.208. The van der Waals surface area contributed by atoms with Gasteiger partial charge in [0.25, 0.3) is 0 Å². The zero-order valence-electron chi connectivity index (χ0n) is 14.6. The fourth-order valence-corrected chi connectivity index (χ4v) is 4.11. The van der Waals surface area contributed by atoms with Crippen molar-refractivity contribution < 1.29 is 5.11 Å². The van der Waals surface area contributed by atoms with Crippen molar-refractivity contribution in [2.45, 2.75) is 29.9 Å². The van der Waals surface area contributed by atoms with Crippen LogP contribution in [0.1, 0.15) is 29.8 Å². The van der Waals surface area contributed by atoms with Gasteiger partial charge in [0, 0.05) is 18.7 Å². The van der Waals surface area contributed by atoms with E-state index >= 15 is 0 Å². The summed E-state index contributed by atoms with van der Waals surface area (Å²) in [6.07, 6.45) is 1.66. The van der Waals surface area contributed by atoms with Gasteiger partial charge in [-0.15, -0.1) is 0 Å². The molecule has 1 aromatic heterocycles. The Bertz CT molecular complexity index is 919. The van der Waals surface area contributed by atoms with Crippen molar-refractivity contribution >= 4 is 51.6 Å². The summed E-state index contributed by atoms with van der Waals surface area (Å²) in [7, 11) is 0. The average molecular weight is 518 g/mol. The Morgan fingerprint density at radius 3 is 2.59 bits per heavy atom. The summed E-state index contributed by atoms with van der Waals surface area (Å²) in [6, 6.07) is 5.33. The minimum absolute atomic E-state index is 0.198. The van der Waals surface area contributed by atoms with Crippen LogP contribution in [-0.4, -0.2) is 31.7 Å². The number of rotatable bonds is 3. The average Bonchev–Trinajstić information content (AvgIpc) is 2.63. The van der Waals surface area contributed by atoms with Gasteiger partial charge < -0.3 is 15.7 Å². The summed E-state index contributed by atoms with van der Waals surface area (Å²) in [5.74, 6) is 0.663. The Balaban J connectivity index is 2.05. The summed E-state index contributed by atoms with van der Waals surface area (Å²) in [5, 5.41) is 19.7. The van der Waals surface area contributed by atoms with Crippen LogP contribution in [0.25, 0.3) is 11.3 Å². The lowest BCUT2D eigenvalue weighted by atomic mass is 10.0. The van der Waals surface area contributed by atoms with Crippen molar-refractivity contribution in [2.24, 2.45) is 5.73 Å². The Hall–Kier alpha value is -1.18. The number of nitriles is 1. The second-order valence-corrected chi connectivity index (χ2v) is 9.44. The number of hydrogen-bond donors (Lipinski definition) is 2. The van der Waals surface area contributed by atoms with Crippen molar-refractivity contribution in [3.05, 3.63) is 39.1 Å². The number of aromatic nitrogens is 2. The molecule has 6 nitrogen and oxygen atoms in total. The third-order valence-electron chi connectivity index (χ3n) is 4.62. The molecule has 1 saturated heterocycles. The predicted molar refractivity (Wildman–Crippen MR) is 115 cm³/mol. The van der Waals surface area contributed by atoms with Gasteiger partial charge in [-0.05, 0) is 31.9 Å². The number of alkyl halides is 1. The van der Waals surface area contributed by atoms with Crippen LogP contribution in [-0.2, 0) is 6.61 Å². The Labute approximate surface area is 181 Å². The lowest BCUT2D eigenvalue weighted by molar-refractivity contribution is 0.276. The minimum atomic E-state index is -0.250. The quantitative estimate of drug-likeness (QED) is 0.365. The third kappa shape index (κ3) is 4.15. The Morgan fingerprint density at radius 1 is 1.33 bits per heavy atom. The van der Waals surface area contributed by atoms with E-state index < -0.39 is 0 Å². The summed E-state index contributed by atoms with van der Waals surface area (Å²) in [5.41, 5.74) is 8.62. The number of halogens is 3. The van der Waals surface area contributed by atoms with Gasteiger partial charge in [0.05, 0.1) is 37.1 Å². The molecule has 0 aliphatic carbocycles. The summed E-state index contributed by atoms with van der Waals surface area (Å²) in [4.78, 5) is 11.4. The van der Waals surface area contributed by atoms with E-state index in [2.05, 4.69) is 32.5 Å². The summed E-state index contributed by atoms with van der Waals surface area (Å²) >= 11 is 14.7. The molecule has 0 atom stereocenters. The molecule has 0 saturated carbocycles. The topological polar surface area (TPSA) is 99.1 Å². The molecule has 0 bridgehead atoms. The molecule has 0 radical (unpaired) electrons. The molecule has 9 heteroatoms. The van der Waals surface area contributed by atoms with E-state index in [4.69, 9.17) is 33.9 Å². The van der Waals surface area contributed by atoms with Gasteiger partial charge in [-0.1, -0.05) is 45.8 Å². The van der Waals surface area contributed by atoms with Crippen molar-refractivity contribution in [1.82, 2.24) is 9.97 Å². The molecule has 27 heavy (non-hydrogen) atoms. The first-order chi connectivity index (χ1) is 12.8. The molecule has 0 amide bonds. The number of anilines is 1. The van der Waals surface area contributed by atoms with E-state index in [0.29, 0.717) is 28.5 Å². The highest BCUT2D eigenvalue weighted by atomic mass is 127. The van der Waals surface area contributed by atoms with Gasteiger partial charge in [-0.25, -0.2) is 9.97 Å². The standard InChI is InChI=1S/C18H18Cl2IN5O/c1-10-16(11-2-3-13(19)12(8-22)15(11)20)25-14(9-27)17(24-10)26-6-4-18(21,23)5-7-26/h2-3,27H,4-7,9,23H2,1H3. The van der Waals surface area contributed by atoms with E-state index in [-0.39, 0.29) is 25.8 Å². The lowest BCUT2D eigenvalue weighted by Crippen LogP contribution is -2.46. The SMILES string of the molecule is Cc1nc(N2CCC(N)(I)CC2)c(CO)nc1-c1ccc(Cl)c(C#N)c1Cl. The molecule has 0 unspecified atom stereocenters. The number of nitrogens with zero attached hydrogens (tertiary/aromatic N) is 4. The first-order valence-corrected chi connectivity index (χ1v) is 10.2. The van der Waals surface area contributed by atoms with Crippen LogP contribution in [0.5, 0.6) is 0 Å². The second kappa shape index (κ2) is 8.05. The van der Waals surface area contributed by atoms with E-state index in [1.165, 1.54) is 0 Å². The molecule has 2 aromatic rings. The lowest BCUT2D eigenvalue weighted by Gasteiger charge is -2.36. The maximum atomic E-state index is 9.87. The molecular formula is C18H18Cl2IN5O. The smallest absolute Gasteiger partial charge is 0.153 e. The Morgan fingerprint density at radius 2 is 2.00 bits per heavy atom. The van der Waals surface area contributed by atoms with Crippen LogP contribution in [0.2, 0.25) is 10.0 Å². The van der Waals surface area contributed by atoms with Crippen LogP contribution in [0.3, 0.4) is 0 Å². The maximum absolute atomic E-state index is 9.87. The largest absolute Gasteiger partial charge is 0.390 e. The summed E-state index contributed by atoms with van der Waals surface area (Å²) in [6.45, 7) is 3.08. The van der Waals surface area contributed by atoms with Crippen LogP contribution in [0.15, 0.2) is 12.1 Å². The molecule has 1 aromatic carbocycles. The highest BCUT2D eigenvalue weighted by Gasteiger charge is 2.30. The van der Waals surface area contributed by atoms with Gasteiger partial charge >= 0.3 is 0 Å². The molecule has 1 aliphatic rings. The Kier molecular flexibility index (Phi) is 6.13. The van der Waals surface area contributed by atoms with Gasteiger partial charge in [-0.3, -0.25) is 0 Å². The number of nitrogens with two attached hydrogens (primary N) is 1. The molecule has 142 valence electrons. The van der Waals surface area contributed by atoms with Gasteiger partial charge in [0.15, 0.2) is 5.82 Å². The molecule has 2 heterocycles. The number of aliphatic hydroxyl groups is 1. The molecule has 1 aliphatic heterocycles. The zero-order valence-corrected chi connectivity index (χ0v) is 18.3. The third-order valence-corrected chi connectivity index (χ3v) is 6.41. The highest BCUT2D eigenvalue weighted by molar-refractivity contribution is 14.1. The van der Waals surface area contributed by atoms with E-state index in [9.17, 15) is 10.4 Å². The van der Waals surface area contributed by atoms with Crippen LogP contribution in [0.4, 0.5) is 5.82 Å². The first kappa shape index (κ1) is 20.6. The van der Waals surface area contributed by atoms with Crippen LogP contribution in [0, 0.1) is 18.3 Å². The van der Waals surface area contributed by atoms with E-state index in [0.717, 1.165) is 25.9 Å². The zero-order chi connectivity index (χ0) is 19.8. The molecule has 3 rings (SSSR count). The fraction of sp³-hybridized carbons (Fsp3) is 0.389. The number of aliphatic hydroxyl groups excluding tert-OH is 1. The van der Waals surface area contributed by atoms with Gasteiger partial charge in [0.1, 0.15) is 11.8 Å². The van der Waals surface area contributed by atoms with Crippen molar-refractivity contribution in [3.8, 4) is 17.3 Å². The van der Waals surface area contributed by atoms with Crippen LogP contribution >= 0.6 is 45.8 Å². The predicted octanol–water partition coefficient (Wildman–Crippen LogP) is 3.81. The number of hydrogen-bond acceptors (Lipinski definition) is 6. The number of aryl methyl sites for hydroxylation is 1. The fourth-order valence-electron chi connectivity index (χ4n) is 3.08. The van der Waals surface area contributed by atoms with Crippen molar-refractivity contribution in [2.75, 3.05) is 18.0 Å². The van der Waals surface area contributed by atoms with Gasteiger partial charge in [0.2, 0.25) is 0 Å². The second-order valence-electron chi connectivity index (χ2n) is 6.50. The maximum Gasteiger partial charge on any atom is 0.153 e. The van der Waals surface area contributed by atoms with E-state index in [1.807, 2.05) is 13.0 Å². The highest BCUT2D eigenvalue weighted by Crippen LogP contribution is 2.36. The van der Waals surface area contributed by atoms with Gasteiger partial charge in [-0.2, -0.15) is 5.26 Å². The monoisotopic (exact) mass is 517 g/mol. The molecule has 0 spiro atoms. The van der Waals surface area contributed by atoms with Crippen LogP contribution < -0.4 is 10.6 Å².